The number of hydrogen-bond donors (Lipinski definition) is 2. The number of aromatic nitrogens is 3. The second-order valence-corrected chi connectivity index (χ2v) is 7.78. The average Bonchev–Trinajstić information content (AvgIpc) is 3.25. The standard InChI is InChI=1S/C22H20F5N5O/c23-17-8-15(31-19(33)7-13-3-1-5-16(20(13)24)22(25,26)27)10-29-21(17)32-11-18(30-12-32)14-4-2-6-28-9-14/h1,3,5,8,10-12,14,28H,2,4,6-7,9H2,(H,31,33). The molecule has 0 radical (unpaired) electrons. The van der Waals surface area contributed by atoms with Crippen LogP contribution >= 0.6 is 0 Å². The lowest BCUT2D eigenvalue weighted by Gasteiger charge is -2.20. The zero-order valence-electron chi connectivity index (χ0n) is 17.3. The number of benzene rings is 1. The number of nitrogens with one attached hydrogen (secondary N) is 2. The van der Waals surface area contributed by atoms with Crippen LogP contribution in [0.15, 0.2) is 43.0 Å². The van der Waals surface area contributed by atoms with Gasteiger partial charge in [-0.05, 0) is 31.0 Å². The van der Waals surface area contributed by atoms with E-state index in [1.807, 2.05) is 0 Å². The summed E-state index contributed by atoms with van der Waals surface area (Å²) >= 11 is 0. The summed E-state index contributed by atoms with van der Waals surface area (Å²) in [5, 5.41) is 5.62. The summed E-state index contributed by atoms with van der Waals surface area (Å²) in [5.74, 6) is -2.83. The van der Waals surface area contributed by atoms with E-state index >= 15 is 0 Å². The first-order valence-corrected chi connectivity index (χ1v) is 10.3. The van der Waals surface area contributed by atoms with Crippen LogP contribution < -0.4 is 10.6 Å². The van der Waals surface area contributed by atoms with E-state index in [1.54, 1.807) is 6.20 Å². The van der Waals surface area contributed by atoms with Crippen LogP contribution in [0.3, 0.4) is 0 Å². The molecular weight excluding hydrogens is 445 g/mol. The van der Waals surface area contributed by atoms with E-state index in [-0.39, 0.29) is 17.4 Å². The van der Waals surface area contributed by atoms with Crippen LogP contribution in [0.25, 0.3) is 5.82 Å². The monoisotopic (exact) mass is 465 g/mol. The normalized spacial score (nSPS) is 16.6. The topological polar surface area (TPSA) is 71.8 Å². The van der Waals surface area contributed by atoms with Crippen molar-refractivity contribution in [3.63, 3.8) is 0 Å². The summed E-state index contributed by atoms with van der Waals surface area (Å²) in [7, 11) is 0. The van der Waals surface area contributed by atoms with Gasteiger partial charge in [0.25, 0.3) is 0 Å². The fraction of sp³-hybridized carbons (Fsp3) is 0.318. The lowest BCUT2D eigenvalue weighted by molar-refractivity contribution is -0.140. The maximum Gasteiger partial charge on any atom is 0.419 e. The number of alkyl halides is 3. The van der Waals surface area contributed by atoms with Gasteiger partial charge in [0.05, 0.1) is 29.6 Å². The second kappa shape index (κ2) is 9.26. The Labute approximate surface area is 185 Å². The molecule has 4 rings (SSSR count). The van der Waals surface area contributed by atoms with Gasteiger partial charge in [-0.25, -0.2) is 18.7 Å². The Bertz CT molecular complexity index is 1150. The van der Waals surface area contributed by atoms with Crippen LogP contribution in [0, 0.1) is 11.6 Å². The molecule has 1 saturated heterocycles. The van der Waals surface area contributed by atoms with Crippen molar-refractivity contribution in [3.8, 4) is 5.82 Å². The number of imidazole rings is 1. The van der Waals surface area contributed by atoms with E-state index in [2.05, 4.69) is 20.6 Å². The maximum absolute atomic E-state index is 14.7. The third kappa shape index (κ3) is 5.19. The van der Waals surface area contributed by atoms with Gasteiger partial charge in [0, 0.05) is 24.7 Å². The van der Waals surface area contributed by atoms with Crippen LogP contribution in [-0.4, -0.2) is 33.5 Å². The predicted molar refractivity (Wildman–Crippen MR) is 110 cm³/mol. The number of carbonyl (C=O) groups excluding carboxylic acids is 1. The fourth-order valence-electron chi connectivity index (χ4n) is 3.77. The van der Waals surface area contributed by atoms with Crippen molar-refractivity contribution in [2.45, 2.75) is 31.4 Å². The van der Waals surface area contributed by atoms with Crippen molar-refractivity contribution >= 4 is 11.6 Å². The molecule has 1 amide bonds. The van der Waals surface area contributed by atoms with Crippen LogP contribution in [0.2, 0.25) is 0 Å². The number of amides is 1. The highest BCUT2D eigenvalue weighted by Crippen LogP contribution is 2.32. The molecule has 174 valence electrons. The van der Waals surface area contributed by atoms with Gasteiger partial charge >= 0.3 is 6.18 Å². The molecule has 0 aliphatic carbocycles. The van der Waals surface area contributed by atoms with Gasteiger partial charge in [-0.3, -0.25) is 9.36 Å². The molecule has 0 bridgehead atoms. The molecule has 2 N–H and O–H groups in total. The number of piperidine rings is 1. The average molecular weight is 465 g/mol. The minimum Gasteiger partial charge on any atom is -0.324 e. The number of anilines is 1. The molecule has 3 heterocycles. The second-order valence-electron chi connectivity index (χ2n) is 7.78. The summed E-state index contributed by atoms with van der Waals surface area (Å²) in [6, 6.07) is 3.74. The van der Waals surface area contributed by atoms with Gasteiger partial charge in [-0.1, -0.05) is 12.1 Å². The molecule has 1 fully saturated rings. The summed E-state index contributed by atoms with van der Waals surface area (Å²) in [4.78, 5) is 20.6. The van der Waals surface area contributed by atoms with Gasteiger partial charge in [0.2, 0.25) is 5.91 Å². The Kier molecular flexibility index (Phi) is 6.41. The Balaban J connectivity index is 1.45. The van der Waals surface area contributed by atoms with Crippen molar-refractivity contribution in [2.75, 3.05) is 18.4 Å². The SMILES string of the molecule is O=C(Cc1cccc(C(F)(F)F)c1F)Nc1cnc(-n2cnc(C3CCCNC3)c2)c(F)c1. The van der Waals surface area contributed by atoms with Crippen LogP contribution in [0.5, 0.6) is 0 Å². The molecule has 3 aromatic rings. The molecule has 2 aromatic heterocycles. The smallest absolute Gasteiger partial charge is 0.324 e. The number of rotatable bonds is 5. The van der Waals surface area contributed by atoms with E-state index in [1.165, 1.54) is 17.1 Å². The zero-order valence-corrected chi connectivity index (χ0v) is 17.3. The Morgan fingerprint density at radius 2 is 2.06 bits per heavy atom. The fourth-order valence-corrected chi connectivity index (χ4v) is 3.77. The Hall–Kier alpha value is -3.34. The third-order valence-electron chi connectivity index (χ3n) is 5.40. The number of carbonyl (C=O) groups is 1. The lowest BCUT2D eigenvalue weighted by atomic mass is 9.97. The minimum absolute atomic E-state index is 0.00884. The van der Waals surface area contributed by atoms with Crippen molar-refractivity contribution in [1.82, 2.24) is 19.9 Å². The summed E-state index contributed by atoms with van der Waals surface area (Å²) in [6.07, 6.45) is 0.863. The number of pyridine rings is 1. The third-order valence-corrected chi connectivity index (χ3v) is 5.40. The molecular formula is C22H20F5N5O. The quantitative estimate of drug-likeness (QED) is 0.554. The van der Waals surface area contributed by atoms with E-state index in [9.17, 15) is 26.7 Å². The highest BCUT2D eigenvalue weighted by atomic mass is 19.4. The Morgan fingerprint density at radius 3 is 2.76 bits per heavy atom. The van der Waals surface area contributed by atoms with Crippen LogP contribution in [0.4, 0.5) is 27.6 Å². The number of hydrogen-bond acceptors (Lipinski definition) is 4. The van der Waals surface area contributed by atoms with Crippen molar-refractivity contribution in [3.05, 3.63) is 71.4 Å². The first kappa shape index (κ1) is 22.8. The van der Waals surface area contributed by atoms with E-state index in [0.717, 1.165) is 49.8 Å². The molecule has 1 unspecified atom stereocenters. The highest BCUT2D eigenvalue weighted by Gasteiger charge is 2.35. The molecule has 1 aromatic carbocycles. The van der Waals surface area contributed by atoms with Gasteiger partial charge in [0.1, 0.15) is 12.1 Å². The van der Waals surface area contributed by atoms with Crippen molar-refractivity contribution < 1.29 is 26.7 Å². The summed E-state index contributed by atoms with van der Waals surface area (Å²) in [5.41, 5.74) is -1.06. The van der Waals surface area contributed by atoms with Gasteiger partial charge in [0.15, 0.2) is 11.6 Å². The van der Waals surface area contributed by atoms with E-state index in [4.69, 9.17) is 0 Å². The molecule has 1 aliphatic rings. The summed E-state index contributed by atoms with van der Waals surface area (Å²) in [6.45, 7) is 1.76. The number of halogens is 5. The molecule has 0 spiro atoms. The molecule has 1 atom stereocenters. The Morgan fingerprint density at radius 1 is 1.24 bits per heavy atom. The molecule has 11 heteroatoms. The maximum atomic E-state index is 14.7. The van der Waals surface area contributed by atoms with Crippen molar-refractivity contribution in [1.29, 1.82) is 0 Å². The van der Waals surface area contributed by atoms with Crippen LogP contribution in [0.1, 0.15) is 35.6 Å². The molecule has 1 aliphatic heterocycles. The van der Waals surface area contributed by atoms with E-state index in [0.29, 0.717) is 6.07 Å². The minimum atomic E-state index is -4.87. The van der Waals surface area contributed by atoms with Crippen LogP contribution in [-0.2, 0) is 17.4 Å². The van der Waals surface area contributed by atoms with Crippen molar-refractivity contribution in [2.24, 2.45) is 0 Å². The first-order chi connectivity index (χ1) is 15.7. The lowest BCUT2D eigenvalue weighted by Crippen LogP contribution is -2.28. The summed E-state index contributed by atoms with van der Waals surface area (Å²) < 4.78 is 68.8. The first-order valence-electron chi connectivity index (χ1n) is 10.3. The molecule has 0 saturated carbocycles. The van der Waals surface area contributed by atoms with Gasteiger partial charge < -0.3 is 10.6 Å². The highest BCUT2D eigenvalue weighted by molar-refractivity contribution is 5.92. The van der Waals surface area contributed by atoms with Gasteiger partial charge in [-0.2, -0.15) is 13.2 Å². The molecule has 33 heavy (non-hydrogen) atoms. The largest absolute Gasteiger partial charge is 0.419 e. The predicted octanol–water partition coefficient (Wildman–Crippen LogP) is 4.21. The van der Waals surface area contributed by atoms with E-state index < -0.39 is 41.3 Å². The molecule has 6 nitrogen and oxygen atoms in total. The van der Waals surface area contributed by atoms with Gasteiger partial charge in [-0.15, -0.1) is 0 Å². The number of nitrogens with zero attached hydrogens (tertiary/aromatic N) is 3. The zero-order chi connectivity index (χ0) is 23.6.